The Hall–Kier alpha value is -3.57. The minimum absolute atomic E-state index is 0.406. The number of aliphatic carboxylic acids is 1. The number of benzene rings is 3. The number of carboxylic acids is 1. The molecule has 5 nitrogen and oxygen atoms in total. The van der Waals surface area contributed by atoms with Crippen molar-refractivity contribution >= 4 is 16.9 Å². The molecule has 0 aliphatic rings. The van der Waals surface area contributed by atoms with Gasteiger partial charge in [0.2, 0.25) is 0 Å². The van der Waals surface area contributed by atoms with Crippen LogP contribution >= 0.6 is 0 Å². The molecular formula is C26H26N2O3. The summed E-state index contributed by atoms with van der Waals surface area (Å²) >= 11 is 0. The first-order valence-corrected chi connectivity index (χ1v) is 10.4. The zero-order chi connectivity index (χ0) is 21.6. The Morgan fingerprint density at radius 3 is 2.65 bits per heavy atom. The average Bonchev–Trinajstić information content (AvgIpc) is 3.19. The second-order valence-electron chi connectivity index (χ2n) is 7.76. The number of aromatic amines is 1. The molecule has 0 aliphatic carbocycles. The Morgan fingerprint density at radius 2 is 1.84 bits per heavy atom. The molecule has 0 bridgehead atoms. The fraction of sp³-hybridized carbons (Fsp3) is 0.192. The number of H-pyrrole nitrogens is 1. The molecule has 4 aromatic rings. The van der Waals surface area contributed by atoms with Gasteiger partial charge in [-0.3, -0.25) is 4.79 Å². The number of carboxylic acid groups (broad SMARTS) is 1. The van der Waals surface area contributed by atoms with E-state index < -0.39 is 12.0 Å². The normalized spacial score (nSPS) is 12.0. The summed E-state index contributed by atoms with van der Waals surface area (Å²) in [5, 5.41) is 13.9. The fourth-order valence-electron chi connectivity index (χ4n) is 3.60. The molecule has 158 valence electrons. The van der Waals surface area contributed by atoms with E-state index in [-0.39, 0.29) is 0 Å². The van der Waals surface area contributed by atoms with Crippen LogP contribution < -0.4 is 10.1 Å². The van der Waals surface area contributed by atoms with Crippen LogP contribution in [0.5, 0.6) is 5.75 Å². The molecule has 1 unspecified atom stereocenters. The molecule has 3 aromatic carbocycles. The van der Waals surface area contributed by atoms with Gasteiger partial charge < -0.3 is 20.1 Å². The molecule has 0 amide bonds. The summed E-state index contributed by atoms with van der Waals surface area (Å²) in [7, 11) is 0. The lowest BCUT2D eigenvalue weighted by Gasteiger charge is -2.15. The van der Waals surface area contributed by atoms with Crippen molar-refractivity contribution in [3.63, 3.8) is 0 Å². The van der Waals surface area contributed by atoms with E-state index in [1.807, 2.05) is 54.7 Å². The third kappa shape index (κ3) is 5.32. The monoisotopic (exact) mass is 414 g/mol. The Labute approximate surface area is 181 Å². The molecule has 31 heavy (non-hydrogen) atoms. The van der Waals surface area contributed by atoms with Crippen LogP contribution in [0.3, 0.4) is 0 Å². The van der Waals surface area contributed by atoms with Crippen LogP contribution in [0.25, 0.3) is 10.9 Å². The number of hydrogen-bond donors (Lipinski definition) is 3. The van der Waals surface area contributed by atoms with E-state index in [9.17, 15) is 9.90 Å². The third-order valence-corrected chi connectivity index (χ3v) is 5.37. The average molecular weight is 415 g/mol. The van der Waals surface area contributed by atoms with Crippen molar-refractivity contribution in [1.29, 1.82) is 0 Å². The zero-order valence-electron chi connectivity index (χ0n) is 17.5. The molecule has 0 spiro atoms. The van der Waals surface area contributed by atoms with Crippen LogP contribution in [-0.2, 0) is 24.4 Å². The number of hydrogen-bond acceptors (Lipinski definition) is 3. The summed E-state index contributed by atoms with van der Waals surface area (Å²) in [4.78, 5) is 15.0. The quantitative estimate of drug-likeness (QED) is 0.366. The van der Waals surface area contributed by atoms with Crippen molar-refractivity contribution in [3.05, 3.63) is 101 Å². The van der Waals surface area contributed by atoms with Crippen molar-refractivity contribution in [3.8, 4) is 5.75 Å². The van der Waals surface area contributed by atoms with E-state index >= 15 is 0 Å². The van der Waals surface area contributed by atoms with Gasteiger partial charge in [0, 0.05) is 30.1 Å². The number of aromatic nitrogens is 1. The van der Waals surface area contributed by atoms with Gasteiger partial charge in [0.05, 0.1) is 0 Å². The lowest BCUT2D eigenvalue weighted by molar-refractivity contribution is -0.139. The Morgan fingerprint density at radius 1 is 1.03 bits per heavy atom. The number of nitrogens with one attached hydrogen (secondary N) is 2. The van der Waals surface area contributed by atoms with E-state index in [0.29, 0.717) is 19.6 Å². The molecule has 4 rings (SSSR count). The van der Waals surface area contributed by atoms with Gasteiger partial charge >= 0.3 is 5.97 Å². The first-order chi connectivity index (χ1) is 15.1. The van der Waals surface area contributed by atoms with Gasteiger partial charge in [-0.25, -0.2) is 0 Å². The third-order valence-electron chi connectivity index (χ3n) is 5.37. The lowest BCUT2D eigenvalue weighted by atomic mass is 10.0. The molecule has 0 saturated carbocycles. The largest absolute Gasteiger partial charge is 0.489 e. The van der Waals surface area contributed by atoms with Crippen LogP contribution in [0, 0.1) is 6.92 Å². The van der Waals surface area contributed by atoms with Crippen LogP contribution in [0.15, 0.2) is 79.0 Å². The van der Waals surface area contributed by atoms with Crippen LogP contribution in [-0.4, -0.2) is 22.1 Å². The Bertz CT molecular complexity index is 1160. The van der Waals surface area contributed by atoms with Crippen molar-refractivity contribution in [2.45, 2.75) is 32.5 Å². The summed E-state index contributed by atoms with van der Waals surface area (Å²) in [6.07, 6.45) is 2.30. The van der Waals surface area contributed by atoms with Crippen molar-refractivity contribution in [2.75, 3.05) is 0 Å². The molecule has 3 N–H and O–H groups in total. The van der Waals surface area contributed by atoms with Gasteiger partial charge in [-0.15, -0.1) is 0 Å². The number of rotatable bonds is 9. The summed E-state index contributed by atoms with van der Waals surface area (Å²) in [5.41, 5.74) is 5.31. The highest BCUT2D eigenvalue weighted by Gasteiger charge is 2.19. The molecule has 5 heteroatoms. The van der Waals surface area contributed by atoms with E-state index in [4.69, 9.17) is 4.74 Å². The molecule has 1 heterocycles. The second kappa shape index (κ2) is 9.49. The maximum atomic E-state index is 11.8. The van der Waals surface area contributed by atoms with E-state index in [2.05, 4.69) is 41.5 Å². The molecule has 0 radical (unpaired) electrons. The number of fused-ring (bicyclic) bond motifs is 1. The standard InChI is InChI=1S/C26H26N2O3/c1-18-9-11-19(12-10-18)17-31-22-6-4-5-20(13-22)15-27-25(26(29)30)14-21-16-28-24-8-3-2-7-23(21)24/h2-13,16,25,27-28H,14-15,17H2,1H3,(H,29,30). The summed E-state index contributed by atoms with van der Waals surface area (Å²) in [5.74, 6) is -0.0968. The lowest BCUT2D eigenvalue weighted by Crippen LogP contribution is -2.38. The van der Waals surface area contributed by atoms with Crippen molar-refractivity contribution in [2.24, 2.45) is 0 Å². The summed E-state index contributed by atoms with van der Waals surface area (Å²) in [6, 6.07) is 23.3. The molecule has 1 atom stereocenters. The first-order valence-electron chi connectivity index (χ1n) is 10.4. The topological polar surface area (TPSA) is 74.3 Å². The van der Waals surface area contributed by atoms with E-state index in [1.165, 1.54) is 5.56 Å². The van der Waals surface area contributed by atoms with Gasteiger partial charge in [0.1, 0.15) is 18.4 Å². The maximum Gasteiger partial charge on any atom is 0.321 e. The second-order valence-corrected chi connectivity index (χ2v) is 7.76. The van der Waals surface area contributed by atoms with Gasteiger partial charge in [-0.1, -0.05) is 60.2 Å². The Balaban J connectivity index is 1.38. The Kier molecular flexibility index (Phi) is 6.34. The molecule has 0 aliphatic heterocycles. The number of para-hydroxylation sites is 1. The van der Waals surface area contributed by atoms with Crippen LogP contribution in [0.2, 0.25) is 0 Å². The predicted octanol–water partition coefficient (Wildman–Crippen LogP) is 4.84. The minimum Gasteiger partial charge on any atom is -0.489 e. The maximum absolute atomic E-state index is 11.8. The molecule has 0 fully saturated rings. The van der Waals surface area contributed by atoms with Gasteiger partial charge in [0.15, 0.2) is 0 Å². The van der Waals surface area contributed by atoms with Gasteiger partial charge in [-0.05, 0) is 41.8 Å². The van der Waals surface area contributed by atoms with Crippen molar-refractivity contribution < 1.29 is 14.6 Å². The SMILES string of the molecule is Cc1ccc(COc2cccc(CNC(Cc3c[nH]c4ccccc34)C(=O)O)c2)cc1. The number of ether oxygens (including phenoxy) is 1. The predicted molar refractivity (Wildman–Crippen MR) is 122 cm³/mol. The number of carbonyl (C=O) groups is 1. The van der Waals surface area contributed by atoms with Crippen LogP contribution in [0.1, 0.15) is 22.3 Å². The fourth-order valence-corrected chi connectivity index (χ4v) is 3.60. The highest BCUT2D eigenvalue weighted by molar-refractivity contribution is 5.84. The summed E-state index contributed by atoms with van der Waals surface area (Å²) in [6.45, 7) is 3.00. The van der Waals surface area contributed by atoms with Crippen molar-refractivity contribution in [1.82, 2.24) is 10.3 Å². The highest BCUT2D eigenvalue weighted by Crippen LogP contribution is 2.20. The first kappa shape index (κ1) is 20.7. The smallest absolute Gasteiger partial charge is 0.321 e. The summed E-state index contributed by atoms with van der Waals surface area (Å²) < 4.78 is 5.91. The van der Waals surface area contributed by atoms with E-state index in [1.54, 1.807) is 0 Å². The minimum atomic E-state index is -0.864. The highest BCUT2D eigenvalue weighted by atomic mass is 16.5. The molecule has 0 saturated heterocycles. The van der Waals surface area contributed by atoms with Gasteiger partial charge in [0.25, 0.3) is 0 Å². The van der Waals surface area contributed by atoms with Crippen LogP contribution in [0.4, 0.5) is 0 Å². The number of aryl methyl sites for hydroxylation is 1. The molecule has 1 aromatic heterocycles. The zero-order valence-corrected chi connectivity index (χ0v) is 17.5. The van der Waals surface area contributed by atoms with E-state index in [0.717, 1.165) is 33.3 Å². The molecular weight excluding hydrogens is 388 g/mol. The van der Waals surface area contributed by atoms with Gasteiger partial charge in [-0.2, -0.15) is 0 Å².